The molecule has 0 radical (unpaired) electrons. The Balaban J connectivity index is 1.70. The molecule has 1 aromatic heterocycles. The maximum Gasteiger partial charge on any atom is 0.274 e. The quantitative estimate of drug-likeness (QED) is 0.601. The van der Waals surface area contributed by atoms with E-state index in [1.165, 1.54) is 6.07 Å². The number of nitrogens with zero attached hydrogens (tertiary/aromatic N) is 1. The summed E-state index contributed by atoms with van der Waals surface area (Å²) in [5, 5.41) is 7.44. The van der Waals surface area contributed by atoms with Gasteiger partial charge in [-0.15, -0.1) is 11.3 Å². The van der Waals surface area contributed by atoms with E-state index in [2.05, 4.69) is 10.6 Å². The third-order valence-electron chi connectivity index (χ3n) is 4.48. The topological polar surface area (TPSA) is 95.6 Å². The fraction of sp³-hybridized carbons (Fsp3) is 0.100. The molecule has 0 bridgehead atoms. The number of hydrogen-bond donors (Lipinski definition) is 2. The second-order valence-electron chi connectivity index (χ2n) is 6.52. The lowest BCUT2D eigenvalue weighted by molar-refractivity contribution is -0.122. The number of thiophene rings is 1. The highest BCUT2D eigenvalue weighted by Crippen LogP contribution is 2.38. The predicted molar refractivity (Wildman–Crippen MR) is 118 cm³/mol. The van der Waals surface area contributed by atoms with E-state index < -0.39 is 27.9 Å². The Morgan fingerprint density at radius 1 is 1.13 bits per heavy atom. The van der Waals surface area contributed by atoms with Gasteiger partial charge in [0, 0.05) is 10.7 Å². The van der Waals surface area contributed by atoms with Gasteiger partial charge in [-0.1, -0.05) is 35.9 Å². The molecule has 1 aliphatic rings. The number of sulfonamides is 1. The zero-order valence-corrected chi connectivity index (χ0v) is 17.8. The van der Waals surface area contributed by atoms with Gasteiger partial charge < -0.3 is 10.6 Å². The Labute approximate surface area is 182 Å². The number of benzene rings is 2. The van der Waals surface area contributed by atoms with Crippen LogP contribution in [-0.4, -0.2) is 26.3 Å². The van der Waals surface area contributed by atoms with Crippen LogP contribution in [0.25, 0.3) is 0 Å². The Hall–Kier alpha value is -2.88. The second-order valence-corrected chi connectivity index (χ2v) is 9.94. The molecule has 0 unspecified atom stereocenters. The van der Waals surface area contributed by atoms with Crippen LogP contribution in [0.3, 0.4) is 0 Å². The molecular formula is C20H16ClN3O4S2. The van der Waals surface area contributed by atoms with Gasteiger partial charge in [0.2, 0.25) is 11.8 Å². The molecule has 3 aromatic rings. The summed E-state index contributed by atoms with van der Waals surface area (Å²) < 4.78 is 27.8. The Morgan fingerprint density at radius 2 is 1.93 bits per heavy atom. The first-order valence-electron chi connectivity index (χ1n) is 8.89. The maximum absolute atomic E-state index is 13.4. The first-order valence-corrected chi connectivity index (χ1v) is 11.6. The van der Waals surface area contributed by atoms with Crippen LogP contribution in [-0.2, 0) is 19.6 Å². The number of halogens is 1. The SMILES string of the molecule is O=C(C[C@H]1C(=O)Nc2ccccc2N1S(=O)(=O)c1cccs1)Nc1cccc(Cl)c1. The highest BCUT2D eigenvalue weighted by atomic mass is 35.5. The highest BCUT2D eigenvalue weighted by Gasteiger charge is 2.42. The second kappa shape index (κ2) is 8.10. The number of anilines is 3. The number of hydrogen-bond acceptors (Lipinski definition) is 5. The van der Waals surface area contributed by atoms with Crippen molar-refractivity contribution in [2.75, 3.05) is 14.9 Å². The molecular weight excluding hydrogens is 446 g/mol. The third kappa shape index (κ3) is 3.91. The summed E-state index contributed by atoms with van der Waals surface area (Å²) in [7, 11) is -4.05. The molecule has 1 aliphatic heterocycles. The van der Waals surface area contributed by atoms with Crippen molar-refractivity contribution in [3.05, 3.63) is 71.1 Å². The number of carbonyl (C=O) groups is 2. The average molecular weight is 462 g/mol. The normalized spacial score (nSPS) is 16.0. The van der Waals surface area contributed by atoms with Gasteiger partial charge in [-0.05, 0) is 41.8 Å². The molecule has 0 spiro atoms. The van der Waals surface area contributed by atoms with Gasteiger partial charge in [-0.3, -0.25) is 13.9 Å². The lowest BCUT2D eigenvalue weighted by Gasteiger charge is -2.36. The molecule has 0 fully saturated rings. The van der Waals surface area contributed by atoms with Crippen LogP contribution in [0.5, 0.6) is 0 Å². The molecule has 4 rings (SSSR count). The van der Waals surface area contributed by atoms with Crippen LogP contribution < -0.4 is 14.9 Å². The standard InChI is InChI=1S/C20H16ClN3O4S2/c21-13-5-3-6-14(11-13)22-18(25)12-17-20(26)23-15-7-1-2-8-16(15)24(17)30(27,28)19-9-4-10-29-19/h1-11,17H,12H2,(H,22,25)(H,23,26)/t17-/m0/s1. The molecule has 2 aromatic carbocycles. The van der Waals surface area contributed by atoms with Gasteiger partial charge in [-0.2, -0.15) is 0 Å². The summed E-state index contributed by atoms with van der Waals surface area (Å²) in [4.78, 5) is 25.5. The smallest absolute Gasteiger partial charge is 0.274 e. The lowest BCUT2D eigenvalue weighted by atomic mass is 10.1. The van der Waals surface area contributed by atoms with Crippen LogP contribution in [0, 0.1) is 0 Å². The van der Waals surface area contributed by atoms with Crippen molar-refractivity contribution in [1.29, 1.82) is 0 Å². The van der Waals surface area contributed by atoms with Crippen molar-refractivity contribution in [2.24, 2.45) is 0 Å². The van der Waals surface area contributed by atoms with E-state index in [-0.39, 0.29) is 10.6 Å². The Bertz CT molecular complexity index is 1210. The monoisotopic (exact) mass is 461 g/mol. The van der Waals surface area contributed by atoms with E-state index in [1.807, 2.05) is 0 Å². The van der Waals surface area contributed by atoms with Crippen LogP contribution >= 0.6 is 22.9 Å². The largest absolute Gasteiger partial charge is 0.326 e. The van der Waals surface area contributed by atoms with Gasteiger partial charge in [0.15, 0.2) is 0 Å². The summed E-state index contributed by atoms with van der Waals surface area (Å²) in [5.41, 5.74) is 1.14. The van der Waals surface area contributed by atoms with Gasteiger partial charge >= 0.3 is 0 Å². The summed E-state index contributed by atoms with van der Waals surface area (Å²) in [6.07, 6.45) is -0.364. The molecule has 10 heteroatoms. The van der Waals surface area contributed by atoms with E-state index in [9.17, 15) is 18.0 Å². The van der Waals surface area contributed by atoms with Crippen molar-refractivity contribution in [2.45, 2.75) is 16.7 Å². The Morgan fingerprint density at radius 3 is 2.67 bits per heavy atom. The lowest BCUT2D eigenvalue weighted by Crippen LogP contribution is -2.52. The zero-order valence-electron chi connectivity index (χ0n) is 15.4. The fourth-order valence-corrected chi connectivity index (χ4v) is 6.10. The number of rotatable bonds is 5. The number of nitrogens with one attached hydrogen (secondary N) is 2. The summed E-state index contributed by atoms with van der Waals surface area (Å²) in [6.45, 7) is 0. The predicted octanol–water partition coefficient (Wildman–Crippen LogP) is 3.95. The van der Waals surface area contributed by atoms with E-state index in [1.54, 1.807) is 60.0 Å². The van der Waals surface area contributed by atoms with E-state index in [0.29, 0.717) is 22.1 Å². The summed E-state index contributed by atoms with van der Waals surface area (Å²) in [6, 6.07) is 15.0. The molecule has 2 N–H and O–H groups in total. The summed E-state index contributed by atoms with van der Waals surface area (Å²) in [5.74, 6) is -1.08. The van der Waals surface area contributed by atoms with Crippen molar-refractivity contribution >= 4 is 61.8 Å². The van der Waals surface area contributed by atoms with E-state index in [4.69, 9.17) is 11.6 Å². The molecule has 7 nitrogen and oxygen atoms in total. The third-order valence-corrected chi connectivity index (χ3v) is 7.91. The molecule has 2 heterocycles. The van der Waals surface area contributed by atoms with Crippen LogP contribution in [0.15, 0.2) is 70.3 Å². The maximum atomic E-state index is 13.4. The van der Waals surface area contributed by atoms with Gasteiger partial charge in [0.25, 0.3) is 10.0 Å². The zero-order chi connectivity index (χ0) is 21.3. The first kappa shape index (κ1) is 20.4. The van der Waals surface area contributed by atoms with Gasteiger partial charge in [-0.25, -0.2) is 8.42 Å². The fourth-order valence-electron chi connectivity index (χ4n) is 3.20. The molecule has 30 heavy (non-hydrogen) atoms. The van der Waals surface area contributed by atoms with Crippen LogP contribution in [0.4, 0.5) is 17.1 Å². The molecule has 1 atom stereocenters. The number of carbonyl (C=O) groups excluding carboxylic acids is 2. The molecule has 0 saturated heterocycles. The van der Waals surface area contributed by atoms with Gasteiger partial charge in [0.1, 0.15) is 10.3 Å². The van der Waals surface area contributed by atoms with E-state index in [0.717, 1.165) is 15.6 Å². The number of fused-ring (bicyclic) bond motifs is 1. The van der Waals surface area contributed by atoms with Gasteiger partial charge in [0.05, 0.1) is 17.8 Å². The van der Waals surface area contributed by atoms with Crippen LogP contribution in [0.2, 0.25) is 5.02 Å². The first-order chi connectivity index (χ1) is 14.4. The Kier molecular flexibility index (Phi) is 5.50. The average Bonchev–Trinajstić information content (AvgIpc) is 3.24. The number of para-hydroxylation sites is 2. The number of amides is 2. The summed E-state index contributed by atoms with van der Waals surface area (Å²) >= 11 is 6.99. The van der Waals surface area contributed by atoms with Crippen molar-refractivity contribution < 1.29 is 18.0 Å². The highest BCUT2D eigenvalue weighted by molar-refractivity contribution is 7.94. The van der Waals surface area contributed by atoms with E-state index >= 15 is 0 Å². The minimum absolute atomic E-state index is 0.0900. The van der Waals surface area contributed by atoms with Crippen LogP contribution in [0.1, 0.15) is 6.42 Å². The molecule has 0 saturated carbocycles. The minimum atomic E-state index is -4.05. The molecule has 0 aliphatic carbocycles. The van der Waals surface area contributed by atoms with Crippen molar-refractivity contribution in [3.63, 3.8) is 0 Å². The molecule has 154 valence electrons. The minimum Gasteiger partial charge on any atom is -0.326 e. The molecule has 2 amide bonds. The van der Waals surface area contributed by atoms with Crippen molar-refractivity contribution in [3.8, 4) is 0 Å². The van der Waals surface area contributed by atoms with Crippen molar-refractivity contribution in [1.82, 2.24) is 0 Å².